The molecule has 3 aromatic rings. The number of alkyl halides is 2. The van der Waals surface area contributed by atoms with Crippen LogP contribution in [0.25, 0.3) is 16.2 Å². The fraction of sp³-hybridized carbons (Fsp3) is 0.391. The Morgan fingerprint density at radius 1 is 1.40 bits per heavy atom. The molecule has 0 saturated carbocycles. The number of aromatic nitrogens is 3. The molecule has 5 rings (SSSR count). The molecule has 0 fully saturated rings. The van der Waals surface area contributed by atoms with Crippen molar-refractivity contribution in [2.45, 2.75) is 32.4 Å². The van der Waals surface area contributed by atoms with E-state index in [0.717, 1.165) is 28.6 Å². The minimum Gasteiger partial charge on any atom is -0.375 e. The van der Waals surface area contributed by atoms with Crippen molar-refractivity contribution in [2.75, 3.05) is 25.1 Å². The van der Waals surface area contributed by atoms with E-state index < -0.39 is 18.8 Å². The average molecular weight is 486 g/mol. The lowest BCUT2D eigenvalue weighted by molar-refractivity contribution is 0.00164. The number of rotatable bonds is 5. The SMILES string of the molecule is [C-]#[N+]c1cc(NC(=O)N2CCc3nn4c(c3C2)-c2nocc2C[C@H](COCC(F)F)C4)ccc1F. The van der Waals surface area contributed by atoms with Gasteiger partial charge in [-0.2, -0.15) is 5.10 Å². The van der Waals surface area contributed by atoms with Gasteiger partial charge in [0.25, 0.3) is 6.43 Å². The quantitative estimate of drug-likeness (QED) is 0.544. The Kier molecular flexibility index (Phi) is 6.17. The molecule has 0 bridgehead atoms. The van der Waals surface area contributed by atoms with Gasteiger partial charge in [0.05, 0.1) is 31.1 Å². The summed E-state index contributed by atoms with van der Waals surface area (Å²) >= 11 is 0. The Hall–Kier alpha value is -3.85. The molecule has 2 aliphatic rings. The summed E-state index contributed by atoms with van der Waals surface area (Å²) in [6.07, 6.45) is 0.0678. The van der Waals surface area contributed by atoms with Gasteiger partial charge in [-0.3, -0.25) is 4.68 Å². The number of amides is 2. The third-order valence-corrected chi connectivity index (χ3v) is 6.11. The summed E-state index contributed by atoms with van der Waals surface area (Å²) in [5, 5.41) is 11.6. The van der Waals surface area contributed by atoms with Crippen molar-refractivity contribution in [3.63, 3.8) is 0 Å². The van der Waals surface area contributed by atoms with E-state index in [0.29, 0.717) is 37.3 Å². The molecule has 0 radical (unpaired) electrons. The smallest absolute Gasteiger partial charge is 0.322 e. The molecule has 12 heteroatoms. The normalized spacial score (nSPS) is 16.8. The van der Waals surface area contributed by atoms with Gasteiger partial charge >= 0.3 is 6.03 Å². The molecule has 35 heavy (non-hydrogen) atoms. The van der Waals surface area contributed by atoms with E-state index in [4.69, 9.17) is 20.9 Å². The van der Waals surface area contributed by atoms with Gasteiger partial charge in [0.1, 0.15) is 24.4 Å². The van der Waals surface area contributed by atoms with Gasteiger partial charge in [0.2, 0.25) is 5.69 Å². The fourth-order valence-corrected chi connectivity index (χ4v) is 4.53. The lowest BCUT2D eigenvalue weighted by Gasteiger charge is -2.27. The summed E-state index contributed by atoms with van der Waals surface area (Å²) in [6.45, 7) is 7.72. The maximum atomic E-state index is 13.6. The second-order valence-corrected chi connectivity index (χ2v) is 8.52. The van der Waals surface area contributed by atoms with Crippen molar-refractivity contribution in [1.29, 1.82) is 0 Å². The maximum absolute atomic E-state index is 13.6. The Labute approximate surface area is 198 Å². The Morgan fingerprint density at radius 2 is 2.26 bits per heavy atom. The first-order chi connectivity index (χ1) is 16.9. The molecule has 0 aliphatic carbocycles. The van der Waals surface area contributed by atoms with Gasteiger partial charge in [0.15, 0.2) is 0 Å². The molecule has 4 heterocycles. The number of nitrogens with zero attached hydrogens (tertiary/aromatic N) is 5. The van der Waals surface area contributed by atoms with Crippen LogP contribution in [0.2, 0.25) is 0 Å². The van der Waals surface area contributed by atoms with E-state index in [9.17, 15) is 18.0 Å². The van der Waals surface area contributed by atoms with Crippen molar-refractivity contribution < 1.29 is 27.2 Å². The van der Waals surface area contributed by atoms with Crippen LogP contribution < -0.4 is 5.32 Å². The van der Waals surface area contributed by atoms with E-state index in [2.05, 4.69) is 15.3 Å². The summed E-state index contributed by atoms with van der Waals surface area (Å²) in [7, 11) is 0. The zero-order chi connectivity index (χ0) is 24.5. The van der Waals surface area contributed by atoms with Crippen LogP contribution >= 0.6 is 0 Å². The van der Waals surface area contributed by atoms with Crippen molar-refractivity contribution in [2.24, 2.45) is 5.92 Å². The van der Waals surface area contributed by atoms with Crippen LogP contribution in [0.5, 0.6) is 0 Å². The number of fused-ring (bicyclic) bond motifs is 5. The minimum atomic E-state index is -2.53. The van der Waals surface area contributed by atoms with E-state index in [1.165, 1.54) is 12.1 Å². The Balaban J connectivity index is 1.37. The molecule has 1 N–H and O–H groups in total. The predicted molar refractivity (Wildman–Crippen MR) is 118 cm³/mol. The molecule has 9 nitrogen and oxygen atoms in total. The predicted octanol–water partition coefficient (Wildman–Crippen LogP) is 4.27. The monoisotopic (exact) mass is 486 g/mol. The lowest BCUT2D eigenvalue weighted by atomic mass is 9.99. The number of anilines is 1. The van der Waals surface area contributed by atoms with Gasteiger partial charge in [-0.15, -0.1) is 0 Å². The lowest BCUT2D eigenvalue weighted by Crippen LogP contribution is -2.38. The molecular formula is C23H21F3N6O3. The van der Waals surface area contributed by atoms with Crippen molar-refractivity contribution in [1.82, 2.24) is 19.8 Å². The molecule has 0 spiro atoms. The van der Waals surface area contributed by atoms with Crippen LogP contribution in [0.15, 0.2) is 29.0 Å². The van der Waals surface area contributed by atoms with Gasteiger partial charge < -0.3 is 19.5 Å². The number of urea groups is 1. The number of carbonyl (C=O) groups is 1. The zero-order valence-electron chi connectivity index (χ0n) is 18.5. The number of nitrogens with one attached hydrogen (secondary N) is 1. The van der Waals surface area contributed by atoms with E-state index in [1.54, 1.807) is 15.8 Å². The van der Waals surface area contributed by atoms with Crippen LogP contribution in [0, 0.1) is 18.3 Å². The largest absolute Gasteiger partial charge is 0.375 e. The van der Waals surface area contributed by atoms with Crippen molar-refractivity contribution >= 4 is 17.4 Å². The molecule has 0 unspecified atom stereocenters. The highest BCUT2D eigenvalue weighted by molar-refractivity contribution is 5.90. The highest BCUT2D eigenvalue weighted by atomic mass is 19.3. The standard InChI is InChI=1S/C23H21F3N6O3/c1-27-19-7-15(2-3-17(19)24)28-23(33)31-5-4-18-16(9-31)22-21-14(11-35-30-21)6-13(8-32(22)29-18)10-34-12-20(25)26/h2-3,7,11,13,20H,4-6,8-10,12H2,(H,28,33)/t13-/m0/s1. The average Bonchev–Trinajstić information content (AvgIpc) is 3.39. The maximum Gasteiger partial charge on any atom is 0.322 e. The summed E-state index contributed by atoms with van der Waals surface area (Å²) in [6, 6.07) is 3.45. The van der Waals surface area contributed by atoms with Crippen molar-refractivity contribution in [3.8, 4) is 11.4 Å². The van der Waals surface area contributed by atoms with Crippen LogP contribution in [-0.4, -0.2) is 52.1 Å². The first-order valence-corrected chi connectivity index (χ1v) is 11.0. The third-order valence-electron chi connectivity index (χ3n) is 6.11. The van der Waals surface area contributed by atoms with Gasteiger partial charge in [-0.05, 0) is 24.6 Å². The third kappa shape index (κ3) is 4.59. The van der Waals surface area contributed by atoms with Crippen LogP contribution in [0.3, 0.4) is 0 Å². The van der Waals surface area contributed by atoms with Gasteiger partial charge in [-0.1, -0.05) is 5.16 Å². The van der Waals surface area contributed by atoms with Gasteiger partial charge in [-0.25, -0.2) is 22.8 Å². The second-order valence-electron chi connectivity index (χ2n) is 8.52. The highest BCUT2D eigenvalue weighted by Gasteiger charge is 2.33. The minimum absolute atomic E-state index is 0.0935. The van der Waals surface area contributed by atoms with Crippen LogP contribution in [0.4, 0.5) is 29.3 Å². The molecule has 0 saturated heterocycles. The fourth-order valence-electron chi connectivity index (χ4n) is 4.53. The number of hydrogen-bond acceptors (Lipinski definition) is 5. The molecular weight excluding hydrogens is 465 g/mol. The Bertz CT molecular complexity index is 1300. The Morgan fingerprint density at radius 3 is 3.06 bits per heavy atom. The number of benzene rings is 1. The summed E-state index contributed by atoms with van der Waals surface area (Å²) < 4.78 is 50.8. The first-order valence-electron chi connectivity index (χ1n) is 11.0. The molecule has 1 aromatic carbocycles. The first kappa shape index (κ1) is 22.9. The molecule has 182 valence electrons. The summed E-state index contributed by atoms with van der Waals surface area (Å²) in [4.78, 5) is 17.7. The molecule has 2 aromatic heterocycles. The van der Waals surface area contributed by atoms with Crippen molar-refractivity contribution in [3.05, 3.63) is 58.5 Å². The number of halogens is 3. The van der Waals surface area contributed by atoms with E-state index in [-0.39, 0.29) is 30.8 Å². The number of carbonyl (C=O) groups excluding carboxylic acids is 1. The zero-order valence-corrected chi connectivity index (χ0v) is 18.5. The van der Waals surface area contributed by atoms with Gasteiger partial charge in [0, 0.05) is 42.2 Å². The summed E-state index contributed by atoms with van der Waals surface area (Å²) in [5.74, 6) is -0.742. The van der Waals surface area contributed by atoms with Crippen LogP contribution in [-0.2, 0) is 30.7 Å². The topological polar surface area (TPSA) is 89.8 Å². The molecule has 1 atom stereocenters. The van der Waals surface area contributed by atoms with Crippen LogP contribution in [0.1, 0.15) is 16.8 Å². The highest BCUT2D eigenvalue weighted by Crippen LogP contribution is 2.36. The molecule has 2 aliphatic heterocycles. The van der Waals surface area contributed by atoms with E-state index >= 15 is 0 Å². The number of ether oxygens (including phenoxy) is 1. The van der Waals surface area contributed by atoms with E-state index in [1.807, 2.05) is 0 Å². The number of hydrogen-bond donors (Lipinski definition) is 1. The molecule has 2 amide bonds. The summed E-state index contributed by atoms with van der Waals surface area (Å²) in [5.41, 5.74) is 4.04. The second kappa shape index (κ2) is 9.42.